The van der Waals surface area contributed by atoms with Gasteiger partial charge in [-0.1, -0.05) is 20.8 Å². The molecule has 0 bridgehead atoms. The lowest BCUT2D eigenvalue weighted by atomic mass is 9.96. The number of carboxylic acid groups (broad SMARTS) is 1. The zero-order chi connectivity index (χ0) is 14.7. The number of nitrogens with one attached hydrogen (secondary N) is 1. The minimum absolute atomic E-state index is 0.604. The van der Waals surface area contributed by atoms with Crippen LogP contribution in [0.1, 0.15) is 59.8 Å². The zero-order valence-corrected chi connectivity index (χ0v) is 13.0. The number of rotatable bonds is 12. The van der Waals surface area contributed by atoms with E-state index in [1.54, 1.807) is 6.92 Å². The maximum atomic E-state index is 11.3. The van der Waals surface area contributed by atoms with Crippen LogP contribution in [-0.2, 0) is 9.53 Å². The second-order valence-electron chi connectivity index (χ2n) is 5.82. The molecule has 4 nitrogen and oxygen atoms in total. The summed E-state index contributed by atoms with van der Waals surface area (Å²) in [6.45, 7) is 10.4. The Morgan fingerprint density at radius 2 is 1.95 bits per heavy atom. The maximum Gasteiger partial charge on any atom is 0.323 e. The average molecular weight is 273 g/mol. The van der Waals surface area contributed by atoms with E-state index in [-0.39, 0.29) is 0 Å². The molecule has 114 valence electrons. The fourth-order valence-corrected chi connectivity index (χ4v) is 1.90. The van der Waals surface area contributed by atoms with E-state index in [9.17, 15) is 9.90 Å². The maximum absolute atomic E-state index is 11.3. The van der Waals surface area contributed by atoms with Crippen molar-refractivity contribution in [2.24, 2.45) is 5.92 Å². The van der Waals surface area contributed by atoms with Gasteiger partial charge in [0.25, 0.3) is 0 Å². The highest BCUT2D eigenvalue weighted by atomic mass is 16.5. The molecule has 0 radical (unpaired) electrons. The molecule has 0 aromatic carbocycles. The van der Waals surface area contributed by atoms with E-state index < -0.39 is 11.5 Å². The van der Waals surface area contributed by atoms with Crippen LogP contribution >= 0.6 is 0 Å². The molecule has 0 heterocycles. The summed E-state index contributed by atoms with van der Waals surface area (Å²) in [5.41, 5.74) is -0.822. The standard InChI is InChI=1S/C15H31NO3/c1-5-10-16-15(4,14(17)18)9-7-12-19-11-6-8-13(2)3/h13,16H,5-12H2,1-4H3,(H,17,18). The van der Waals surface area contributed by atoms with Gasteiger partial charge in [-0.3, -0.25) is 4.79 Å². The molecule has 1 atom stereocenters. The summed E-state index contributed by atoms with van der Waals surface area (Å²) in [5, 5.41) is 12.4. The molecule has 0 aliphatic rings. The number of hydrogen-bond donors (Lipinski definition) is 2. The van der Waals surface area contributed by atoms with Crippen molar-refractivity contribution in [1.29, 1.82) is 0 Å². The number of ether oxygens (including phenoxy) is 1. The van der Waals surface area contributed by atoms with Gasteiger partial charge >= 0.3 is 5.97 Å². The van der Waals surface area contributed by atoms with E-state index in [4.69, 9.17) is 4.74 Å². The summed E-state index contributed by atoms with van der Waals surface area (Å²) in [6.07, 6.45) is 4.59. The smallest absolute Gasteiger partial charge is 0.323 e. The van der Waals surface area contributed by atoms with E-state index in [2.05, 4.69) is 19.2 Å². The molecular formula is C15H31NO3. The van der Waals surface area contributed by atoms with Gasteiger partial charge < -0.3 is 15.2 Å². The van der Waals surface area contributed by atoms with E-state index in [1.807, 2.05) is 6.92 Å². The largest absolute Gasteiger partial charge is 0.480 e. The van der Waals surface area contributed by atoms with Crippen molar-refractivity contribution in [3.63, 3.8) is 0 Å². The Morgan fingerprint density at radius 3 is 2.47 bits per heavy atom. The molecule has 19 heavy (non-hydrogen) atoms. The van der Waals surface area contributed by atoms with Crippen LogP contribution in [0.25, 0.3) is 0 Å². The van der Waals surface area contributed by atoms with Crippen molar-refractivity contribution in [2.45, 2.75) is 65.3 Å². The molecule has 0 saturated heterocycles. The quantitative estimate of drug-likeness (QED) is 0.537. The third-order valence-electron chi connectivity index (χ3n) is 3.27. The van der Waals surface area contributed by atoms with Crippen LogP contribution < -0.4 is 5.32 Å². The van der Waals surface area contributed by atoms with Crippen LogP contribution in [-0.4, -0.2) is 36.4 Å². The lowest BCUT2D eigenvalue weighted by Gasteiger charge is -2.26. The van der Waals surface area contributed by atoms with E-state index in [0.717, 1.165) is 38.3 Å². The first-order chi connectivity index (χ1) is 8.92. The highest BCUT2D eigenvalue weighted by molar-refractivity contribution is 5.78. The van der Waals surface area contributed by atoms with Crippen molar-refractivity contribution in [1.82, 2.24) is 5.32 Å². The Bertz CT molecular complexity index is 244. The molecule has 0 spiro atoms. The van der Waals surface area contributed by atoms with Gasteiger partial charge in [-0.15, -0.1) is 0 Å². The van der Waals surface area contributed by atoms with Gasteiger partial charge in [0, 0.05) is 13.2 Å². The molecule has 0 amide bonds. The van der Waals surface area contributed by atoms with E-state index in [1.165, 1.54) is 6.42 Å². The first-order valence-electron chi connectivity index (χ1n) is 7.48. The molecular weight excluding hydrogens is 242 g/mol. The predicted molar refractivity (Wildman–Crippen MR) is 78.5 cm³/mol. The second-order valence-corrected chi connectivity index (χ2v) is 5.82. The normalized spacial score (nSPS) is 14.6. The van der Waals surface area contributed by atoms with Crippen LogP contribution in [0.4, 0.5) is 0 Å². The number of carboxylic acids is 1. The third kappa shape index (κ3) is 9.00. The van der Waals surface area contributed by atoms with Crippen LogP contribution in [0, 0.1) is 5.92 Å². The summed E-state index contributed by atoms with van der Waals surface area (Å²) >= 11 is 0. The number of carbonyl (C=O) groups is 1. The van der Waals surface area contributed by atoms with E-state index >= 15 is 0 Å². The highest BCUT2D eigenvalue weighted by Crippen LogP contribution is 2.13. The number of aliphatic carboxylic acids is 1. The SMILES string of the molecule is CCCNC(C)(CCCOCCCC(C)C)C(=O)O. The average Bonchev–Trinajstić information content (AvgIpc) is 2.34. The van der Waals surface area contributed by atoms with E-state index in [0.29, 0.717) is 13.0 Å². The molecule has 0 fully saturated rings. The molecule has 0 aromatic heterocycles. The minimum atomic E-state index is -0.822. The van der Waals surface area contributed by atoms with Crippen LogP contribution in [0.15, 0.2) is 0 Å². The zero-order valence-electron chi connectivity index (χ0n) is 13.0. The molecule has 0 saturated carbocycles. The van der Waals surface area contributed by atoms with Gasteiger partial charge in [0.1, 0.15) is 5.54 Å². The Labute approximate surface area is 117 Å². The Kier molecular flexibility index (Phi) is 9.88. The van der Waals surface area contributed by atoms with Crippen molar-refractivity contribution >= 4 is 5.97 Å². The summed E-state index contributed by atoms with van der Waals surface area (Å²) in [4.78, 5) is 11.3. The molecule has 2 N–H and O–H groups in total. The first kappa shape index (κ1) is 18.4. The fraction of sp³-hybridized carbons (Fsp3) is 0.933. The second kappa shape index (κ2) is 10.2. The van der Waals surface area contributed by atoms with Crippen LogP contribution in [0.3, 0.4) is 0 Å². The van der Waals surface area contributed by atoms with Gasteiger partial charge in [-0.05, 0) is 51.5 Å². The van der Waals surface area contributed by atoms with Gasteiger partial charge in [-0.2, -0.15) is 0 Å². The molecule has 4 heteroatoms. The summed E-state index contributed by atoms with van der Waals surface area (Å²) in [6, 6.07) is 0. The van der Waals surface area contributed by atoms with Gasteiger partial charge in [0.15, 0.2) is 0 Å². The topological polar surface area (TPSA) is 58.6 Å². The Hall–Kier alpha value is -0.610. The van der Waals surface area contributed by atoms with Crippen molar-refractivity contribution in [3.8, 4) is 0 Å². The van der Waals surface area contributed by atoms with Gasteiger partial charge in [0.05, 0.1) is 0 Å². The molecule has 0 aliphatic carbocycles. The van der Waals surface area contributed by atoms with Crippen molar-refractivity contribution < 1.29 is 14.6 Å². The summed E-state index contributed by atoms with van der Waals surface area (Å²) in [7, 11) is 0. The molecule has 1 unspecified atom stereocenters. The van der Waals surface area contributed by atoms with Crippen LogP contribution in [0.5, 0.6) is 0 Å². The lowest BCUT2D eigenvalue weighted by molar-refractivity contribution is -0.144. The van der Waals surface area contributed by atoms with Crippen molar-refractivity contribution in [3.05, 3.63) is 0 Å². The summed E-state index contributed by atoms with van der Waals surface area (Å²) < 4.78 is 5.54. The third-order valence-corrected chi connectivity index (χ3v) is 3.27. The van der Waals surface area contributed by atoms with Gasteiger partial charge in [0.2, 0.25) is 0 Å². The summed E-state index contributed by atoms with van der Waals surface area (Å²) in [5.74, 6) is -0.0575. The first-order valence-corrected chi connectivity index (χ1v) is 7.48. The number of hydrogen-bond acceptors (Lipinski definition) is 3. The Balaban J connectivity index is 3.73. The van der Waals surface area contributed by atoms with Gasteiger partial charge in [-0.25, -0.2) is 0 Å². The Morgan fingerprint density at radius 1 is 1.32 bits per heavy atom. The minimum Gasteiger partial charge on any atom is -0.480 e. The molecule has 0 rings (SSSR count). The fourth-order valence-electron chi connectivity index (χ4n) is 1.90. The molecule has 0 aromatic rings. The molecule has 0 aliphatic heterocycles. The highest BCUT2D eigenvalue weighted by Gasteiger charge is 2.31. The van der Waals surface area contributed by atoms with Crippen LogP contribution in [0.2, 0.25) is 0 Å². The lowest BCUT2D eigenvalue weighted by Crippen LogP contribution is -2.49. The van der Waals surface area contributed by atoms with Crippen molar-refractivity contribution in [2.75, 3.05) is 19.8 Å². The predicted octanol–water partition coefficient (Wildman–Crippen LogP) is 3.06. The monoisotopic (exact) mass is 273 g/mol.